The molecule has 0 aromatic heterocycles. The van der Waals surface area contributed by atoms with Crippen LogP contribution < -0.4 is 10.1 Å². The average molecular weight is 443 g/mol. The summed E-state index contributed by atoms with van der Waals surface area (Å²) in [5, 5.41) is 2.64. The van der Waals surface area contributed by atoms with Crippen LogP contribution in [0.1, 0.15) is 10.4 Å². The maximum absolute atomic E-state index is 12.0. The van der Waals surface area contributed by atoms with Crippen LogP contribution in [-0.2, 0) is 9.53 Å². The molecule has 0 heterocycles. The van der Waals surface area contributed by atoms with Crippen molar-refractivity contribution in [2.45, 2.75) is 0 Å². The molecule has 2 rings (SSSR count). The smallest absolute Gasteiger partial charge is 0.340 e. The molecule has 0 saturated carbocycles. The molecule has 5 nitrogen and oxygen atoms in total. The van der Waals surface area contributed by atoms with E-state index in [9.17, 15) is 9.59 Å². The lowest BCUT2D eigenvalue weighted by Gasteiger charge is -2.11. The van der Waals surface area contributed by atoms with Gasteiger partial charge < -0.3 is 14.8 Å². The minimum atomic E-state index is -0.532. The molecule has 0 atom stereocenters. The van der Waals surface area contributed by atoms with Gasteiger partial charge in [-0.15, -0.1) is 0 Å². The van der Waals surface area contributed by atoms with Crippen molar-refractivity contribution in [1.29, 1.82) is 0 Å². The number of methoxy groups -OCH3 is 1. The lowest BCUT2D eigenvalue weighted by atomic mass is 10.2. The van der Waals surface area contributed by atoms with Gasteiger partial charge >= 0.3 is 5.97 Å². The summed E-state index contributed by atoms with van der Waals surface area (Å²) in [7, 11) is 1.28. The SMILES string of the molecule is COC(=O)c1cc(Br)ccc1NC(=O)COc1ccc(Br)cc1. The predicted molar refractivity (Wildman–Crippen MR) is 93.7 cm³/mol. The summed E-state index contributed by atoms with van der Waals surface area (Å²) in [5.41, 5.74) is 0.628. The number of carbonyl (C=O) groups is 2. The highest BCUT2D eigenvalue weighted by molar-refractivity contribution is 9.10. The number of benzene rings is 2. The summed E-state index contributed by atoms with van der Waals surface area (Å²) < 4.78 is 11.7. The van der Waals surface area contributed by atoms with Crippen LogP contribution in [0.3, 0.4) is 0 Å². The van der Waals surface area contributed by atoms with Crippen molar-refractivity contribution in [3.8, 4) is 5.75 Å². The first-order chi connectivity index (χ1) is 11.0. The summed E-state index contributed by atoms with van der Waals surface area (Å²) in [6, 6.07) is 12.0. The van der Waals surface area contributed by atoms with Gasteiger partial charge in [-0.2, -0.15) is 0 Å². The minimum absolute atomic E-state index is 0.168. The highest BCUT2D eigenvalue weighted by Gasteiger charge is 2.14. The molecule has 0 aliphatic rings. The van der Waals surface area contributed by atoms with Crippen LogP contribution in [-0.4, -0.2) is 25.6 Å². The summed E-state index contributed by atoms with van der Waals surface area (Å²) in [6.07, 6.45) is 0. The van der Waals surface area contributed by atoms with E-state index in [1.807, 2.05) is 12.1 Å². The van der Waals surface area contributed by atoms with Gasteiger partial charge in [0.1, 0.15) is 5.75 Å². The van der Waals surface area contributed by atoms with E-state index < -0.39 is 5.97 Å². The Morgan fingerprint density at radius 1 is 1.04 bits per heavy atom. The predicted octanol–water partition coefficient (Wildman–Crippen LogP) is 4.02. The maximum atomic E-state index is 12.0. The topological polar surface area (TPSA) is 64.6 Å². The molecule has 0 fully saturated rings. The van der Waals surface area contributed by atoms with E-state index in [1.54, 1.807) is 30.3 Å². The number of halogens is 2. The average Bonchev–Trinajstić information content (AvgIpc) is 2.55. The van der Waals surface area contributed by atoms with Gasteiger partial charge in [0.2, 0.25) is 0 Å². The maximum Gasteiger partial charge on any atom is 0.340 e. The van der Waals surface area contributed by atoms with Crippen molar-refractivity contribution < 1.29 is 19.1 Å². The van der Waals surface area contributed by atoms with Crippen molar-refractivity contribution in [2.24, 2.45) is 0 Å². The Morgan fingerprint density at radius 3 is 2.35 bits per heavy atom. The third kappa shape index (κ3) is 5.07. The van der Waals surface area contributed by atoms with E-state index in [-0.39, 0.29) is 18.1 Å². The standard InChI is InChI=1S/C16H13Br2NO4/c1-22-16(21)13-8-11(18)4-7-14(13)19-15(20)9-23-12-5-2-10(17)3-6-12/h2-8H,9H2,1H3,(H,19,20). The number of hydrogen-bond donors (Lipinski definition) is 1. The molecule has 0 aliphatic carbocycles. The van der Waals surface area contributed by atoms with E-state index in [0.29, 0.717) is 15.9 Å². The van der Waals surface area contributed by atoms with Crippen molar-refractivity contribution in [2.75, 3.05) is 19.0 Å². The highest BCUT2D eigenvalue weighted by atomic mass is 79.9. The molecule has 1 amide bonds. The zero-order valence-corrected chi connectivity index (χ0v) is 15.3. The van der Waals surface area contributed by atoms with Crippen molar-refractivity contribution >= 4 is 49.4 Å². The van der Waals surface area contributed by atoms with Gasteiger partial charge in [0.15, 0.2) is 6.61 Å². The lowest BCUT2D eigenvalue weighted by Crippen LogP contribution is -2.21. The molecule has 7 heteroatoms. The Kier molecular flexibility index (Phi) is 6.18. The summed E-state index contributed by atoms with van der Waals surface area (Å²) in [6.45, 7) is -0.168. The zero-order chi connectivity index (χ0) is 16.8. The molecule has 0 spiro atoms. The third-order valence-corrected chi connectivity index (χ3v) is 3.87. The fourth-order valence-corrected chi connectivity index (χ4v) is 2.40. The molecule has 2 aromatic rings. The molecule has 0 aliphatic heterocycles. The van der Waals surface area contributed by atoms with E-state index in [2.05, 4.69) is 37.2 Å². The van der Waals surface area contributed by atoms with Gasteiger partial charge in [0, 0.05) is 8.95 Å². The van der Waals surface area contributed by atoms with Gasteiger partial charge in [0.25, 0.3) is 5.91 Å². The number of amides is 1. The normalized spacial score (nSPS) is 10.0. The van der Waals surface area contributed by atoms with Gasteiger partial charge in [-0.05, 0) is 42.5 Å². The van der Waals surface area contributed by atoms with Crippen LogP contribution in [0.4, 0.5) is 5.69 Å². The van der Waals surface area contributed by atoms with Gasteiger partial charge in [0.05, 0.1) is 18.4 Å². The lowest BCUT2D eigenvalue weighted by molar-refractivity contribution is -0.118. The first kappa shape index (κ1) is 17.5. The molecular weight excluding hydrogens is 430 g/mol. The van der Waals surface area contributed by atoms with Gasteiger partial charge in [-0.3, -0.25) is 4.79 Å². The number of esters is 1. The molecule has 120 valence electrons. The van der Waals surface area contributed by atoms with Gasteiger partial charge in [-0.25, -0.2) is 4.79 Å². The minimum Gasteiger partial charge on any atom is -0.484 e. The quantitative estimate of drug-likeness (QED) is 0.710. The second-order valence-electron chi connectivity index (χ2n) is 4.47. The first-order valence-corrected chi connectivity index (χ1v) is 8.14. The number of hydrogen-bond acceptors (Lipinski definition) is 4. The van der Waals surface area contributed by atoms with Crippen LogP contribution in [0.5, 0.6) is 5.75 Å². The van der Waals surface area contributed by atoms with Crippen molar-refractivity contribution in [3.05, 3.63) is 57.0 Å². The summed E-state index contributed by atoms with van der Waals surface area (Å²) in [4.78, 5) is 23.7. The summed E-state index contributed by atoms with van der Waals surface area (Å²) in [5.74, 6) is -0.330. The molecular formula is C16H13Br2NO4. The molecule has 0 bridgehead atoms. The fourth-order valence-electron chi connectivity index (χ4n) is 1.77. The monoisotopic (exact) mass is 441 g/mol. The van der Waals surface area contributed by atoms with Crippen LogP contribution >= 0.6 is 31.9 Å². The number of rotatable bonds is 5. The van der Waals surface area contributed by atoms with Crippen LogP contribution in [0.15, 0.2) is 51.4 Å². The van der Waals surface area contributed by atoms with Gasteiger partial charge in [-0.1, -0.05) is 31.9 Å². The molecule has 23 heavy (non-hydrogen) atoms. The number of carbonyl (C=O) groups excluding carboxylic acids is 2. The Bertz CT molecular complexity index is 717. The second kappa shape index (κ2) is 8.12. The molecule has 1 N–H and O–H groups in total. The Labute approximate surface area is 150 Å². The van der Waals surface area contributed by atoms with Crippen molar-refractivity contribution in [1.82, 2.24) is 0 Å². The fraction of sp³-hybridized carbons (Fsp3) is 0.125. The number of ether oxygens (including phenoxy) is 2. The number of anilines is 1. The van der Waals surface area contributed by atoms with E-state index in [1.165, 1.54) is 7.11 Å². The van der Waals surface area contributed by atoms with E-state index in [0.717, 1.165) is 4.47 Å². The molecule has 0 radical (unpaired) electrons. The second-order valence-corrected chi connectivity index (χ2v) is 6.30. The Balaban J connectivity index is 2.02. The van der Waals surface area contributed by atoms with Crippen LogP contribution in [0.2, 0.25) is 0 Å². The highest BCUT2D eigenvalue weighted by Crippen LogP contribution is 2.22. The summed E-state index contributed by atoms with van der Waals surface area (Å²) >= 11 is 6.60. The first-order valence-electron chi connectivity index (χ1n) is 6.55. The van der Waals surface area contributed by atoms with Crippen molar-refractivity contribution in [3.63, 3.8) is 0 Å². The third-order valence-electron chi connectivity index (χ3n) is 2.84. The van der Waals surface area contributed by atoms with E-state index in [4.69, 9.17) is 9.47 Å². The number of nitrogens with one attached hydrogen (secondary N) is 1. The molecule has 0 unspecified atom stereocenters. The zero-order valence-electron chi connectivity index (χ0n) is 12.1. The Hall–Kier alpha value is -1.86. The molecule has 2 aromatic carbocycles. The molecule has 0 saturated heterocycles. The van der Waals surface area contributed by atoms with E-state index >= 15 is 0 Å². The largest absolute Gasteiger partial charge is 0.484 e. The van der Waals surface area contributed by atoms with Crippen LogP contribution in [0.25, 0.3) is 0 Å². The van der Waals surface area contributed by atoms with Crippen LogP contribution in [0, 0.1) is 0 Å². The Morgan fingerprint density at radius 2 is 1.70 bits per heavy atom.